The van der Waals surface area contributed by atoms with Gasteiger partial charge >= 0.3 is 0 Å². The van der Waals surface area contributed by atoms with Crippen molar-refractivity contribution in [1.82, 2.24) is 19.6 Å². The zero-order chi connectivity index (χ0) is 20.9. The van der Waals surface area contributed by atoms with Crippen LogP contribution in [0.1, 0.15) is 35.8 Å². The minimum absolute atomic E-state index is 0.0285. The molecule has 3 heterocycles. The summed E-state index contributed by atoms with van der Waals surface area (Å²) in [7, 11) is 1.90. The minimum Gasteiger partial charge on any atom is -0.362 e. The normalized spacial score (nSPS) is 16.6. The molecule has 0 radical (unpaired) electrons. The zero-order valence-electron chi connectivity index (χ0n) is 16.3. The van der Waals surface area contributed by atoms with Gasteiger partial charge in [0.2, 0.25) is 0 Å². The Kier molecular flexibility index (Phi) is 4.90. The Hall–Kier alpha value is -2.74. The number of aryl methyl sites for hydroxylation is 2. The maximum atomic E-state index is 14.1. The van der Waals surface area contributed by atoms with Gasteiger partial charge in [0, 0.05) is 30.9 Å². The fourth-order valence-corrected chi connectivity index (χ4v) is 4.31. The van der Waals surface area contributed by atoms with Crippen molar-refractivity contribution >= 4 is 17.3 Å². The van der Waals surface area contributed by atoms with Crippen LogP contribution in [0.2, 0.25) is 5.02 Å². The lowest BCUT2D eigenvalue weighted by Gasteiger charge is -2.28. The monoisotopic (exact) mass is 419 g/mol. The molecule has 1 fully saturated rings. The van der Waals surface area contributed by atoms with Gasteiger partial charge in [0.25, 0.3) is 5.56 Å². The van der Waals surface area contributed by atoms with E-state index < -0.39 is 17.2 Å². The molecule has 1 aliphatic rings. The molecule has 1 atom stereocenters. The number of hydrogen-bond acceptors (Lipinski definition) is 4. The molecule has 0 aliphatic carbocycles. The third kappa shape index (κ3) is 3.21. The Balaban J connectivity index is 1.78. The second-order valence-corrected chi connectivity index (χ2v) is 7.59. The Morgan fingerprint density at radius 2 is 1.97 bits per heavy atom. The number of aromatic nitrogens is 4. The predicted molar refractivity (Wildman–Crippen MR) is 107 cm³/mol. The van der Waals surface area contributed by atoms with Crippen LogP contribution in [0, 0.1) is 25.5 Å². The van der Waals surface area contributed by atoms with Gasteiger partial charge in [0.1, 0.15) is 16.5 Å². The summed E-state index contributed by atoms with van der Waals surface area (Å²) >= 11 is 6.42. The molecular formula is C20H20ClF2N5O. The van der Waals surface area contributed by atoms with Gasteiger partial charge in [-0.2, -0.15) is 14.9 Å². The summed E-state index contributed by atoms with van der Waals surface area (Å²) < 4.78 is 30.0. The summed E-state index contributed by atoms with van der Waals surface area (Å²) in [6, 6.07) is 2.96. The van der Waals surface area contributed by atoms with Gasteiger partial charge in [-0.05, 0) is 38.8 Å². The molecule has 4 rings (SSSR count). The summed E-state index contributed by atoms with van der Waals surface area (Å²) in [4.78, 5) is 14.9. The van der Waals surface area contributed by atoms with Crippen LogP contribution in [-0.4, -0.2) is 26.1 Å². The number of halogens is 3. The van der Waals surface area contributed by atoms with Crippen LogP contribution in [0.5, 0.6) is 0 Å². The van der Waals surface area contributed by atoms with Gasteiger partial charge in [-0.25, -0.2) is 8.78 Å². The molecule has 29 heavy (non-hydrogen) atoms. The third-order valence-electron chi connectivity index (χ3n) is 5.50. The first kappa shape index (κ1) is 19.6. The highest BCUT2D eigenvalue weighted by Gasteiger charge is 2.32. The topological polar surface area (TPSA) is 56.0 Å². The van der Waals surface area contributed by atoms with Crippen molar-refractivity contribution in [2.45, 2.75) is 32.7 Å². The van der Waals surface area contributed by atoms with E-state index in [4.69, 9.17) is 11.6 Å². The number of hydrogen-bond donors (Lipinski definition) is 0. The predicted octanol–water partition coefficient (Wildman–Crippen LogP) is 3.86. The van der Waals surface area contributed by atoms with Gasteiger partial charge in [-0.15, -0.1) is 0 Å². The molecule has 6 nitrogen and oxygen atoms in total. The van der Waals surface area contributed by atoms with Crippen LogP contribution in [0.3, 0.4) is 0 Å². The lowest BCUT2D eigenvalue weighted by atomic mass is 10.0. The molecule has 3 aromatic rings. The lowest BCUT2D eigenvalue weighted by molar-refractivity contribution is 0.570. The second-order valence-electron chi connectivity index (χ2n) is 7.22. The molecule has 1 unspecified atom stereocenters. The first-order valence-corrected chi connectivity index (χ1v) is 9.67. The molecule has 0 amide bonds. The van der Waals surface area contributed by atoms with Crippen molar-refractivity contribution < 1.29 is 8.78 Å². The Labute approximate surface area is 171 Å². The first-order chi connectivity index (χ1) is 13.8. The number of anilines is 1. The number of nitrogens with zero attached hydrogens (tertiary/aromatic N) is 5. The van der Waals surface area contributed by atoms with Crippen molar-refractivity contribution in [3.63, 3.8) is 0 Å². The minimum atomic E-state index is -0.885. The van der Waals surface area contributed by atoms with Crippen molar-refractivity contribution in [2.24, 2.45) is 7.05 Å². The average molecular weight is 420 g/mol. The van der Waals surface area contributed by atoms with E-state index in [2.05, 4.69) is 15.1 Å². The molecule has 9 heteroatoms. The van der Waals surface area contributed by atoms with E-state index in [0.717, 1.165) is 46.6 Å². The van der Waals surface area contributed by atoms with Crippen LogP contribution >= 0.6 is 11.6 Å². The highest BCUT2D eigenvalue weighted by molar-refractivity contribution is 6.33. The van der Waals surface area contributed by atoms with E-state index >= 15 is 0 Å². The largest absolute Gasteiger partial charge is 0.362 e. The van der Waals surface area contributed by atoms with E-state index in [1.807, 2.05) is 25.6 Å². The highest BCUT2D eigenvalue weighted by atomic mass is 35.5. The Morgan fingerprint density at radius 1 is 1.21 bits per heavy atom. The molecule has 2 aromatic heterocycles. The summed E-state index contributed by atoms with van der Waals surface area (Å²) in [6.45, 7) is 4.70. The van der Waals surface area contributed by atoms with Gasteiger partial charge in [0.15, 0.2) is 5.82 Å². The molecule has 0 spiro atoms. The Bertz CT molecular complexity index is 1160. The maximum absolute atomic E-state index is 14.1. The first-order valence-electron chi connectivity index (χ1n) is 9.29. The highest BCUT2D eigenvalue weighted by Crippen LogP contribution is 2.40. The van der Waals surface area contributed by atoms with Crippen molar-refractivity contribution in [1.29, 1.82) is 0 Å². The number of rotatable bonds is 3. The quantitative estimate of drug-likeness (QED) is 0.647. The third-order valence-corrected chi connectivity index (χ3v) is 5.85. The molecule has 1 saturated heterocycles. The van der Waals surface area contributed by atoms with Crippen LogP contribution in [0.15, 0.2) is 29.2 Å². The molecule has 152 valence electrons. The lowest BCUT2D eigenvalue weighted by Crippen LogP contribution is -2.29. The molecule has 1 aromatic carbocycles. The second kappa shape index (κ2) is 7.26. The SMILES string of the molecule is Cc1nn(C)c(C)c1C1CCCN1c1cnn(-c2ccc(F)cc2F)c(=O)c1Cl. The fourth-order valence-electron chi connectivity index (χ4n) is 4.08. The van der Waals surface area contributed by atoms with Crippen LogP contribution in [0.4, 0.5) is 14.5 Å². The van der Waals surface area contributed by atoms with Gasteiger partial charge in [-0.3, -0.25) is 9.48 Å². The number of benzene rings is 1. The van der Waals surface area contributed by atoms with E-state index in [1.54, 1.807) is 0 Å². The summed E-state index contributed by atoms with van der Waals surface area (Å²) in [6.07, 6.45) is 3.30. The van der Waals surface area contributed by atoms with Crippen LogP contribution in [0.25, 0.3) is 5.69 Å². The van der Waals surface area contributed by atoms with Crippen molar-refractivity contribution in [3.8, 4) is 5.69 Å². The van der Waals surface area contributed by atoms with E-state index in [-0.39, 0.29) is 16.8 Å². The van der Waals surface area contributed by atoms with Gasteiger partial charge in [0.05, 0.1) is 23.6 Å². The smallest absolute Gasteiger partial charge is 0.292 e. The summed E-state index contributed by atoms with van der Waals surface area (Å²) in [5, 5.41) is 8.57. The standard InChI is InChI=1S/C20H20ClF2N5O/c1-11-18(12(2)26(3)25-11)16-5-4-8-27(16)17-10-24-28(20(29)19(17)21)15-7-6-13(22)9-14(15)23/h6-7,9-10,16H,4-5,8H2,1-3H3. The molecule has 1 aliphatic heterocycles. The summed E-state index contributed by atoms with van der Waals surface area (Å²) in [5.41, 5.74) is 2.81. The van der Waals surface area contributed by atoms with Crippen molar-refractivity contribution in [3.05, 3.63) is 68.4 Å². The average Bonchev–Trinajstić information content (AvgIpc) is 3.22. The summed E-state index contributed by atoms with van der Waals surface area (Å²) in [5.74, 6) is -1.62. The Morgan fingerprint density at radius 3 is 2.62 bits per heavy atom. The van der Waals surface area contributed by atoms with Crippen LogP contribution < -0.4 is 10.5 Å². The fraction of sp³-hybridized carbons (Fsp3) is 0.350. The van der Waals surface area contributed by atoms with Crippen molar-refractivity contribution in [2.75, 3.05) is 11.4 Å². The zero-order valence-corrected chi connectivity index (χ0v) is 17.0. The van der Waals surface area contributed by atoms with Gasteiger partial charge in [-0.1, -0.05) is 11.6 Å². The van der Waals surface area contributed by atoms with Crippen LogP contribution in [-0.2, 0) is 7.05 Å². The molecule has 0 bridgehead atoms. The van der Waals surface area contributed by atoms with E-state index in [0.29, 0.717) is 18.3 Å². The van der Waals surface area contributed by atoms with Gasteiger partial charge < -0.3 is 4.90 Å². The van der Waals surface area contributed by atoms with E-state index in [1.165, 1.54) is 6.20 Å². The maximum Gasteiger partial charge on any atom is 0.292 e. The molecule has 0 saturated carbocycles. The molecular weight excluding hydrogens is 400 g/mol. The van der Waals surface area contributed by atoms with E-state index in [9.17, 15) is 13.6 Å². The molecule has 0 N–H and O–H groups in total.